The highest BCUT2D eigenvalue weighted by Crippen LogP contribution is 1.47. The zero-order valence-corrected chi connectivity index (χ0v) is 6.94. The first kappa shape index (κ1) is 15.9. The van der Waals surface area contributed by atoms with Crippen LogP contribution in [0, 0.1) is 0 Å². The van der Waals surface area contributed by atoms with Gasteiger partial charge in [-0.05, 0) is 20.1 Å². The predicted octanol–water partition coefficient (Wildman–Crippen LogP) is -0.201. The number of aliphatic hydroxyl groups excluding tert-OH is 1. The van der Waals surface area contributed by atoms with Crippen LogP contribution >= 0.6 is 0 Å². The summed E-state index contributed by atoms with van der Waals surface area (Å²) < 4.78 is 0. The summed E-state index contributed by atoms with van der Waals surface area (Å²) >= 11 is 0. The molecule has 0 aromatic rings. The first-order chi connectivity index (χ1) is 4.41. The highest BCUT2D eigenvalue weighted by Gasteiger charge is 1.62. The molecule has 0 aromatic heterocycles. The Labute approximate surface area is 58.3 Å². The van der Waals surface area contributed by atoms with Gasteiger partial charge in [0.1, 0.15) is 0 Å². The molecular weight excluding hydrogens is 116 g/mol. The maximum atomic E-state index is 7.00. The summed E-state index contributed by atoms with van der Waals surface area (Å²) in [6.45, 7) is 6.39. The van der Waals surface area contributed by atoms with E-state index in [0.717, 1.165) is 20.2 Å². The second-order valence-corrected chi connectivity index (χ2v) is 0.957. The Kier molecular flexibility index (Phi) is 79.7. The van der Waals surface area contributed by atoms with Crippen molar-refractivity contribution in [3.63, 3.8) is 0 Å². The van der Waals surface area contributed by atoms with Crippen molar-refractivity contribution in [2.75, 3.05) is 27.2 Å². The van der Waals surface area contributed by atoms with E-state index in [0.29, 0.717) is 0 Å². The number of nitrogens with one attached hydrogen (secondary N) is 1. The lowest BCUT2D eigenvalue weighted by atomic mass is 10.7. The van der Waals surface area contributed by atoms with E-state index in [1.165, 1.54) is 7.05 Å². The second kappa shape index (κ2) is 45.0. The molecule has 0 unspecified atom stereocenters. The summed E-state index contributed by atoms with van der Waals surface area (Å²) in [5.74, 6) is 0. The minimum Gasteiger partial charge on any atom is -0.400 e. The summed E-state index contributed by atoms with van der Waals surface area (Å²) in [7, 11) is 2.50. The molecule has 0 fully saturated rings. The Balaban J connectivity index is -0.0000000771. The lowest BCUT2D eigenvalue weighted by Gasteiger charge is -1.86. The van der Waals surface area contributed by atoms with Crippen LogP contribution in [0.1, 0.15) is 13.8 Å². The summed E-state index contributed by atoms with van der Waals surface area (Å²) in [6.07, 6.45) is 0. The minimum absolute atomic E-state index is 1.00. The van der Waals surface area contributed by atoms with Gasteiger partial charge in [-0.15, -0.1) is 0 Å². The largest absolute Gasteiger partial charge is 0.400 e. The molecule has 60 valence electrons. The third-order valence-corrected chi connectivity index (χ3v) is 0.500. The van der Waals surface area contributed by atoms with Gasteiger partial charge in [-0.3, -0.25) is 0 Å². The van der Waals surface area contributed by atoms with Gasteiger partial charge in [-0.2, -0.15) is 0 Å². The van der Waals surface area contributed by atoms with Crippen molar-refractivity contribution in [1.29, 1.82) is 0 Å². The van der Waals surface area contributed by atoms with Crippen LogP contribution < -0.4 is 11.1 Å². The maximum absolute atomic E-state index is 7.00. The van der Waals surface area contributed by atoms with Gasteiger partial charge < -0.3 is 16.2 Å². The second-order valence-electron chi connectivity index (χ2n) is 0.957. The topological polar surface area (TPSA) is 58.3 Å². The first-order valence-corrected chi connectivity index (χ1v) is 3.15. The van der Waals surface area contributed by atoms with E-state index in [-0.39, 0.29) is 0 Å². The van der Waals surface area contributed by atoms with Crippen molar-refractivity contribution >= 4 is 0 Å². The molecule has 0 saturated heterocycles. The third kappa shape index (κ3) is 77.1. The van der Waals surface area contributed by atoms with Crippen LogP contribution in [0.5, 0.6) is 0 Å². The maximum Gasteiger partial charge on any atom is 0.0319 e. The van der Waals surface area contributed by atoms with Crippen molar-refractivity contribution in [2.24, 2.45) is 5.73 Å². The van der Waals surface area contributed by atoms with E-state index in [1.807, 2.05) is 0 Å². The van der Waals surface area contributed by atoms with Gasteiger partial charge in [-0.1, -0.05) is 13.8 Å². The molecule has 0 aromatic carbocycles. The predicted molar refractivity (Wildman–Crippen MR) is 42.5 cm³/mol. The zero-order valence-electron chi connectivity index (χ0n) is 6.94. The molecule has 3 heteroatoms. The molecular formula is C6H20N2O. The number of rotatable bonds is 2. The van der Waals surface area contributed by atoms with E-state index in [1.54, 1.807) is 0 Å². The highest BCUT2D eigenvalue weighted by atomic mass is 16.2. The van der Waals surface area contributed by atoms with Crippen LogP contribution in [0.3, 0.4) is 0 Å². The van der Waals surface area contributed by atoms with E-state index < -0.39 is 0 Å². The molecule has 3 nitrogen and oxygen atoms in total. The Hall–Kier alpha value is -0.120. The van der Waals surface area contributed by atoms with E-state index in [2.05, 4.69) is 24.9 Å². The molecule has 0 amide bonds. The highest BCUT2D eigenvalue weighted by molar-refractivity contribution is 4.27. The molecule has 0 rings (SSSR count). The van der Waals surface area contributed by atoms with Crippen LogP contribution in [0.15, 0.2) is 0 Å². The van der Waals surface area contributed by atoms with Gasteiger partial charge in [0.2, 0.25) is 0 Å². The van der Waals surface area contributed by atoms with Crippen LogP contribution in [-0.4, -0.2) is 32.4 Å². The molecule has 0 saturated carbocycles. The van der Waals surface area contributed by atoms with E-state index >= 15 is 0 Å². The quantitative estimate of drug-likeness (QED) is 0.492. The van der Waals surface area contributed by atoms with Gasteiger partial charge >= 0.3 is 0 Å². The van der Waals surface area contributed by atoms with E-state index in [4.69, 9.17) is 5.11 Å². The lowest BCUT2D eigenvalue weighted by Crippen LogP contribution is -2.09. The molecule has 4 N–H and O–H groups in total. The molecule has 0 atom stereocenters. The molecule has 0 aliphatic heterocycles. The summed E-state index contributed by atoms with van der Waals surface area (Å²) in [5, 5.41) is 10.1. The zero-order chi connectivity index (χ0) is 8.12. The number of nitrogens with two attached hydrogens (primary N) is 1. The SMILES string of the molecule is CCNCC.CN.CO. The normalized spacial score (nSPS) is 6.00. The number of aliphatic hydroxyl groups is 1. The van der Waals surface area contributed by atoms with Crippen LogP contribution in [-0.2, 0) is 0 Å². The van der Waals surface area contributed by atoms with Crippen molar-refractivity contribution in [3.8, 4) is 0 Å². The standard InChI is InChI=1S/C4H11N.CH5N.CH4O/c1-3-5-4-2;2*1-2/h5H,3-4H2,1-2H3;2H2,1H3;2H,1H3. The summed E-state index contributed by atoms with van der Waals surface area (Å²) in [4.78, 5) is 0. The smallest absolute Gasteiger partial charge is 0.0319 e. The van der Waals surface area contributed by atoms with Crippen molar-refractivity contribution in [3.05, 3.63) is 0 Å². The average molecular weight is 136 g/mol. The van der Waals surface area contributed by atoms with E-state index in [9.17, 15) is 0 Å². The van der Waals surface area contributed by atoms with Crippen LogP contribution in [0.4, 0.5) is 0 Å². The fraction of sp³-hybridized carbons (Fsp3) is 1.00. The molecule has 0 heterocycles. The fourth-order valence-electron chi connectivity index (χ4n) is 0.250. The van der Waals surface area contributed by atoms with Gasteiger partial charge in [0.05, 0.1) is 0 Å². The van der Waals surface area contributed by atoms with Gasteiger partial charge in [0.25, 0.3) is 0 Å². The average Bonchev–Trinajstić information content (AvgIpc) is 1.98. The molecule has 0 aliphatic carbocycles. The molecule has 0 radical (unpaired) electrons. The fourth-order valence-corrected chi connectivity index (χ4v) is 0.250. The molecule has 0 aliphatic rings. The Morgan fingerprint density at radius 1 is 1.11 bits per heavy atom. The van der Waals surface area contributed by atoms with Crippen molar-refractivity contribution < 1.29 is 5.11 Å². The summed E-state index contributed by atoms with van der Waals surface area (Å²) in [5.41, 5.74) is 4.50. The first-order valence-electron chi connectivity index (χ1n) is 3.15. The van der Waals surface area contributed by atoms with Crippen LogP contribution in [0.25, 0.3) is 0 Å². The molecule has 0 spiro atoms. The summed E-state index contributed by atoms with van der Waals surface area (Å²) in [6, 6.07) is 0. The Morgan fingerprint density at radius 2 is 1.33 bits per heavy atom. The minimum atomic E-state index is 1.00. The van der Waals surface area contributed by atoms with Gasteiger partial charge in [-0.25, -0.2) is 0 Å². The third-order valence-electron chi connectivity index (χ3n) is 0.500. The molecule has 0 bridgehead atoms. The van der Waals surface area contributed by atoms with Crippen LogP contribution in [0.2, 0.25) is 0 Å². The molecule has 9 heavy (non-hydrogen) atoms. The number of hydrogen-bond acceptors (Lipinski definition) is 3. The lowest BCUT2D eigenvalue weighted by molar-refractivity contribution is 0.399. The van der Waals surface area contributed by atoms with Crippen molar-refractivity contribution in [2.45, 2.75) is 13.8 Å². The van der Waals surface area contributed by atoms with Gasteiger partial charge in [0, 0.05) is 7.11 Å². The van der Waals surface area contributed by atoms with Crippen molar-refractivity contribution in [1.82, 2.24) is 5.32 Å². The Bertz CT molecular complexity index is 18.5. The number of hydrogen-bond donors (Lipinski definition) is 3. The monoisotopic (exact) mass is 136 g/mol. The Morgan fingerprint density at radius 3 is 1.33 bits per heavy atom. The van der Waals surface area contributed by atoms with Gasteiger partial charge in [0.15, 0.2) is 0 Å².